The molecule has 0 bridgehead atoms. The molecule has 2 unspecified atom stereocenters. The summed E-state index contributed by atoms with van der Waals surface area (Å²) in [7, 11) is 0. The van der Waals surface area contributed by atoms with Gasteiger partial charge in [0.1, 0.15) is 5.75 Å². The van der Waals surface area contributed by atoms with E-state index in [1.807, 2.05) is 32.0 Å². The molecule has 150 valence electrons. The smallest absolute Gasteiger partial charge is 0.228 e. The zero-order valence-corrected chi connectivity index (χ0v) is 17.7. The molecule has 1 aromatic heterocycles. The second-order valence-electron chi connectivity index (χ2n) is 7.24. The Morgan fingerprint density at radius 2 is 1.97 bits per heavy atom. The number of benzene rings is 2. The number of hydrogen-bond acceptors (Lipinski definition) is 3. The summed E-state index contributed by atoms with van der Waals surface area (Å²) in [5, 5.41) is 8.53. The first kappa shape index (κ1) is 19.8. The first-order valence-electron chi connectivity index (χ1n) is 9.41. The fraction of sp³-hybridized carbons (Fsp3) is 0.273. The van der Waals surface area contributed by atoms with E-state index in [4.69, 9.17) is 27.9 Å². The zero-order chi connectivity index (χ0) is 20.5. The summed E-state index contributed by atoms with van der Waals surface area (Å²) in [5.74, 6) is 0.857. The molecule has 0 radical (unpaired) electrons. The fourth-order valence-electron chi connectivity index (χ4n) is 3.50. The van der Waals surface area contributed by atoms with Gasteiger partial charge in [0.15, 0.2) is 6.73 Å². The molecule has 4 rings (SSSR count). The summed E-state index contributed by atoms with van der Waals surface area (Å²) in [5.41, 5.74) is 3.53. The minimum atomic E-state index is 0.00340. The summed E-state index contributed by atoms with van der Waals surface area (Å²) in [6.07, 6.45) is 0.875. The molecular weight excluding hydrogens is 409 g/mol. The third-order valence-corrected chi connectivity index (χ3v) is 5.75. The molecule has 1 aliphatic rings. The predicted octanol–water partition coefficient (Wildman–Crippen LogP) is 5.59. The van der Waals surface area contributed by atoms with Crippen LogP contribution in [-0.4, -0.2) is 15.7 Å². The lowest BCUT2D eigenvalue weighted by Gasteiger charge is -2.10. The quantitative estimate of drug-likeness (QED) is 0.555. The van der Waals surface area contributed by atoms with Crippen molar-refractivity contribution >= 4 is 34.8 Å². The van der Waals surface area contributed by atoms with Crippen molar-refractivity contribution in [3.8, 4) is 5.75 Å². The topological polar surface area (TPSA) is 56.1 Å². The maximum absolute atomic E-state index is 12.7. The van der Waals surface area contributed by atoms with E-state index in [0.717, 1.165) is 23.5 Å². The van der Waals surface area contributed by atoms with E-state index < -0.39 is 0 Å². The Morgan fingerprint density at radius 3 is 2.69 bits per heavy atom. The van der Waals surface area contributed by atoms with Crippen molar-refractivity contribution in [2.24, 2.45) is 5.92 Å². The van der Waals surface area contributed by atoms with Crippen LogP contribution in [0.5, 0.6) is 5.75 Å². The molecule has 1 aliphatic carbocycles. The van der Waals surface area contributed by atoms with E-state index in [9.17, 15) is 4.79 Å². The van der Waals surface area contributed by atoms with Crippen molar-refractivity contribution in [3.05, 3.63) is 75.5 Å². The number of aromatic nitrogens is 2. The van der Waals surface area contributed by atoms with Crippen LogP contribution in [0.15, 0.2) is 48.5 Å². The van der Waals surface area contributed by atoms with Crippen LogP contribution in [0.4, 0.5) is 5.69 Å². The minimum absolute atomic E-state index is 0.00340. The van der Waals surface area contributed by atoms with Gasteiger partial charge in [-0.05, 0) is 49.9 Å². The molecule has 29 heavy (non-hydrogen) atoms. The Hall–Kier alpha value is -2.50. The number of hydrogen-bond donors (Lipinski definition) is 1. The van der Waals surface area contributed by atoms with Gasteiger partial charge in [0.25, 0.3) is 0 Å². The molecule has 1 heterocycles. The summed E-state index contributed by atoms with van der Waals surface area (Å²) < 4.78 is 7.47. The van der Waals surface area contributed by atoms with Gasteiger partial charge in [-0.15, -0.1) is 0 Å². The average Bonchev–Trinajstić information content (AvgIpc) is 3.46. The maximum Gasteiger partial charge on any atom is 0.228 e. The Morgan fingerprint density at radius 1 is 1.21 bits per heavy atom. The molecule has 5 nitrogen and oxygen atoms in total. The first-order chi connectivity index (χ1) is 13.9. The normalized spacial score (nSPS) is 17.8. The highest BCUT2D eigenvalue weighted by Gasteiger charge is 2.44. The van der Waals surface area contributed by atoms with Crippen LogP contribution >= 0.6 is 23.2 Å². The van der Waals surface area contributed by atoms with E-state index in [1.165, 1.54) is 5.56 Å². The van der Waals surface area contributed by atoms with Crippen LogP contribution in [0, 0.1) is 19.8 Å². The SMILES string of the molecule is Cc1nn(COc2ccc(Cl)cc2Cl)c(C)c1NC(=O)C1CC1c1ccccc1. The number of carbonyl (C=O) groups excluding carboxylic acids is 1. The van der Waals surface area contributed by atoms with Gasteiger partial charge in [0.05, 0.1) is 22.1 Å². The van der Waals surface area contributed by atoms with Crippen LogP contribution in [0.25, 0.3) is 0 Å². The second kappa shape index (κ2) is 8.09. The fourth-order valence-corrected chi connectivity index (χ4v) is 3.96. The number of carbonyl (C=O) groups is 1. The van der Waals surface area contributed by atoms with Crippen LogP contribution in [0.2, 0.25) is 10.0 Å². The zero-order valence-electron chi connectivity index (χ0n) is 16.2. The summed E-state index contributed by atoms with van der Waals surface area (Å²) in [4.78, 5) is 12.7. The molecule has 0 saturated heterocycles. The first-order valence-corrected chi connectivity index (χ1v) is 10.2. The maximum atomic E-state index is 12.7. The molecule has 0 spiro atoms. The third kappa shape index (κ3) is 4.26. The summed E-state index contributed by atoms with van der Waals surface area (Å²) >= 11 is 12.1. The van der Waals surface area contributed by atoms with Crippen molar-refractivity contribution in [2.75, 3.05) is 5.32 Å². The van der Waals surface area contributed by atoms with Crippen LogP contribution in [0.1, 0.15) is 29.3 Å². The van der Waals surface area contributed by atoms with Crippen LogP contribution in [0.3, 0.4) is 0 Å². The molecule has 3 aromatic rings. The van der Waals surface area contributed by atoms with Crippen molar-refractivity contribution in [1.82, 2.24) is 9.78 Å². The van der Waals surface area contributed by atoms with Crippen molar-refractivity contribution in [2.45, 2.75) is 32.9 Å². The van der Waals surface area contributed by atoms with E-state index in [2.05, 4.69) is 22.5 Å². The van der Waals surface area contributed by atoms with Gasteiger partial charge in [-0.3, -0.25) is 4.79 Å². The number of rotatable bonds is 6. The monoisotopic (exact) mass is 429 g/mol. The van der Waals surface area contributed by atoms with Gasteiger partial charge in [-0.1, -0.05) is 53.5 Å². The second-order valence-corrected chi connectivity index (χ2v) is 8.09. The summed E-state index contributed by atoms with van der Waals surface area (Å²) in [6.45, 7) is 3.96. The van der Waals surface area contributed by atoms with E-state index in [0.29, 0.717) is 21.7 Å². The predicted molar refractivity (Wildman–Crippen MR) is 115 cm³/mol. The van der Waals surface area contributed by atoms with Gasteiger partial charge in [-0.25, -0.2) is 4.68 Å². The Balaban J connectivity index is 1.41. The van der Waals surface area contributed by atoms with Crippen molar-refractivity contribution in [1.29, 1.82) is 0 Å². The molecule has 2 aromatic carbocycles. The molecule has 1 amide bonds. The van der Waals surface area contributed by atoms with Gasteiger partial charge >= 0.3 is 0 Å². The van der Waals surface area contributed by atoms with Gasteiger partial charge in [0.2, 0.25) is 5.91 Å². The number of halogens is 2. The molecule has 0 aliphatic heterocycles. The largest absolute Gasteiger partial charge is 0.470 e. The molecule has 2 atom stereocenters. The standard InChI is InChI=1S/C22H21Cl2N3O2/c1-13-21(25-22(28)18-11-17(18)15-6-4-3-5-7-15)14(2)27(26-13)12-29-20-9-8-16(23)10-19(20)24/h3-10,17-18H,11-12H2,1-2H3,(H,25,28). The van der Waals surface area contributed by atoms with Crippen LogP contribution in [-0.2, 0) is 11.5 Å². The van der Waals surface area contributed by atoms with E-state index in [1.54, 1.807) is 22.9 Å². The van der Waals surface area contributed by atoms with Crippen molar-refractivity contribution in [3.63, 3.8) is 0 Å². The molecule has 1 saturated carbocycles. The lowest BCUT2D eigenvalue weighted by molar-refractivity contribution is -0.117. The number of aryl methyl sites for hydroxylation is 1. The number of nitrogens with one attached hydrogen (secondary N) is 1. The number of ether oxygens (including phenoxy) is 1. The molecule has 7 heteroatoms. The molecule has 1 fully saturated rings. The molecular formula is C22H21Cl2N3O2. The van der Waals surface area contributed by atoms with Gasteiger partial charge in [0, 0.05) is 10.9 Å². The Labute approximate surface area is 179 Å². The van der Waals surface area contributed by atoms with Crippen molar-refractivity contribution < 1.29 is 9.53 Å². The number of amides is 1. The van der Waals surface area contributed by atoms with Gasteiger partial charge < -0.3 is 10.1 Å². The lowest BCUT2D eigenvalue weighted by Crippen LogP contribution is -2.16. The highest BCUT2D eigenvalue weighted by Crippen LogP contribution is 2.48. The van der Waals surface area contributed by atoms with Gasteiger partial charge in [-0.2, -0.15) is 5.10 Å². The number of anilines is 1. The van der Waals surface area contributed by atoms with Crippen LogP contribution < -0.4 is 10.1 Å². The van der Waals surface area contributed by atoms with E-state index in [-0.39, 0.29) is 18.6 Å². The lowest BCUT2D eigenvalue weighted by atomic mass is 10.1. The number of nitrogens with zero attached hydrogens (tertiary/aromatic N) is 2. The molecule has 1 N–H and O–H groups in total. The highest BCUT2D eigenvalue weighted by molar-refractivity contribution is 6.35. The average molecular weight is 430 g/mol. The Bertz CT molecular complexity index is 1050. The highest BCUT2D eigenvalue weighted by atomic mass is 35.5. The minimum Gasteiger partial charge on any atom is -0.470 e. The third-order valence-electron chi connectivity index (χ3n) is 5.22. The Kier molecular flexibility index (Phi) is 5.52. The van der Waals surface area contributed by atoms with E-state index >= 15 is 0 Å². The summed E-state index contributed by atoms with van der Waals surface area (Å²) in [6, 6.07) is 15.2.